The Balaban J connectivity index is 1.84. The van der Waals surface area contributed by atoms with Gasteiger partial charge in [-0.2, -0.15) is 0 Å². The summed E-state index contributed by atoms with van der Waals surface area (Å²) in [6.45, 7) is 4.35. The molecule has 2 N–H and O–H groups in total. The van der Waals surface area contributed by atoms with E-state index < -0.39 is 10.0 Å². The van der Waals surface area contributed by atoms with Gasteiger partial charge in [-0.3, -0.25) is 9.52 Å². The molecule has 0 radical (unpaired) electrons. The van der Waals surface area contributed by atoms with E-state index >= 15 is 0 Å². The summed E-state index contributed by atoms with van der Waals surface area (Å²) < 4.78 is 27.9. The zero-order valence-electron chi connectivity index (χ0n) is 13.7. The van der Waals surface area contributed by atoms with Gasteiger partial charge in [-0.05, 0) is 42.7 Å². The average molecular weight is 344 g/mol. The molecule has 126 valence electrons. The monoisotopic (exact) mass is 344 g/mol. The lowest BCUT2D eigenvalue weighted by Crippen LogP contribution is -2.15. The summed E-state index contributed by atoms with van der Waals surface area (Å²) in [6.07, 6.45) is 0.451. The molecular weight excluding hydrogens is 324 g/mol. The van der Waals surface area contributed by atoms with E-state index in [9.17, 15) is 13.2 Å². The van der Waals surface area contributed by atoms with Crippen LogP contribution in [0.15, 0.2) is 47.4 Å². The molecule has 1 amide bonds. The zero-order chi connectivity index (χ0) is 17.3. The Morgan fingerprint density at radius 2 is 1.67 bits per heavy atom. The van der Waals surface area contributed by atoms with Crippen molar-refractivity contribution in [3.05, 3.63) is 59.2 Å². The van der Waals surface area contributed by atoms with Crippen molar-refractivity contribution < 1.29 is 13.2 Å². The van der Waals surface area contributed by atoms with E-state index in [-0.39, 0.29) is 16.7 Å². The Bertz CT molecular complexity index is 853. The molecule has 2 aromatic carbocycles. The molecule has 0 saturated carbocycles. The largest absolute Gasteiger partial charge is 0.355 e. The lowest BCUT2D eigenvalue weighted by atomic mass is 9.99. The molecule has 5 nitrogen and oxygen atoms in total. The molecule has 3 rings (SSSR count). The van der Waals surface area contributed by atoms with Gasteiger partial charge in [0, 0.05) is 18.9 Å². The van der Waals surface area contributed by atoms with E-state index in [2.05, 4.69) is 10.0 Å². The summed E-state index contributed by atoms with van der Waals surface area (Å²) in [7, 11) is -3.64. The van der Waals surface area contributed by atoms with Crippen molar-refractivity contribution in [2.45, 2.75) is 31.1 Å². The first-order valence-electron chi connectivity index (χ1n) is 7.82. The van der Waals surface area contributed by atoms with Gasteiger partial charge < -0.3 is 5.32 Å². The van der Waals surface area contributed by atoms with Crippen molar-refractivity contribution in [2.75, 3.05) is 11.3 Å². The molecular formula is C18H20N2O3S. The highest BCUT2D eigenvalue weighted by Gasteiger charge is 2.23. The molecule has 0 aliphatic carbocycles. The summed E-state index contributed by atoms with van der Waals surface area (Å²) in [6, 6.07) is 12.4. The Hall–Kier alpha value is -2.34. The molecule has 1 saturated heterocycles. The highest BCUT2D eigenvalue weighted by atomic mass is 32.2. The quantitative estimate of drug-likeness (QED) is 0.895. The molecule has 0 unspecified atom stereocenters. The lowest BCUT2D eigenvalue weighted by Gasteiger charge is -2.14. The van der Waals surface area contributed by atoms with E-state index in [4.69, 9.17) is 0 Å². The predicted molar refractivity (Wildman–Crippen MR) is 93.5 cm³/mol. The first-order valence-corrected chi connectivity index (χ1v) is 9.31. The van der Waals surface area contributed by atoms with E-state index in [1.54, 1.807) is 24.3 Å². The van der Waals surface area contributed by atoms with E-state index in [1.807, 2.05) is 32.0 Å². The van der Waals surface area contributed by atoms with Crippen LogP contribution in [0.3, 0.4) is 0 Å². The number of nitrogens with one attached hydrogen (secondary N) is 2. The van der Waals surface area contributed by atoms with Crippen molar-refractivity contribution in [1.29, 1.82) is 0 Å². The Labute approximate surface area is 142 Å². The second-order valence-corrected chi connectivity index (χ2v) is 7.83. The van der Waals surface area contributed by atoms with Crippen LogP contribution in [-0.2, 0) is 14.8 Å². The fourth-order valence-corrected chi connectivity index (χ4v) is 4.13. The number of carbonyl (C=O) groups is 1. The lowest BCUT2D eigenvalue weighted by molar-refractivity contribution is -0.119. The SMILES string of the molecule is Cc1cccc(C)c1NS(=O)(=O)c1ccc([C@H]2CNC(=O)C2)cc1. The van der Waals surface area contributed by atoms with Gasteiger partial charge in [0.25, 0.3) is 10.0 Å². The van der Waals surface area contributed by atoms with Crippen LogP contribution in [0.5, 0.6) is 0 Å². The third kappa shape index (κ3) is 3.28. The normalized spacial score (nSPS) is 17.6. The number of amides is 1. The maximum absolute atomic E-state index is 12.6. The molecule has 0 aromatic heterocycles. The molecule has 1 atom stereocenters. The van der Waals surface area contributed by atoms with Crippen LogP contribution in [0.4, 0.5) is 5.69 Å². The van der Waals surface area contributed by atoms with Gasteiger partial charge in [0.1, 0.15) is 0 Å². The summed E-state index contributed by atoms with van der Waals surface area (Å²) in [4.78, 5) is 11.5. The van der Waals surface area contributed by atoms with Gasteiger partial charge >= 0.3 is 0 Å². The summed E-state index contributed by atoms with van der Waals surface area (Å²) in [5, 5.41) is 2.79. The molecule has 24 heavy (non-hydrogen) atoms. The fraction of sp³-hybridized carbons (Fsp3) is 0.278. The van der Waals surface area contributed by atoms with Gasteiger partial charge in [0.15, 0.2) is 0 Å². The molecule has 2 aromatic rings. The standard InChI is InChI=1S/C18H20N2O3S/c1-12-4-3-5-13(2)18(12)20-24(22,23)16-8-6-14(7-9-16)15-10-17(21)19-11-15/h3-9,15,20H,10-11H2,1-2H3,(H,19,21)/t15-/m1/s1. The van der Waals surface area contributed by atoms with Crippen LogP contribution < -0.4 is 10.0 Å². The number of anilines is 1. The third-order valence-electron chi connectivity index (χ3n) is 4.36. The number of benzene rings is 2. The van der Waals surface area contributed by atoms with Crippen molar-refractivity contribution in [3.8, 4) is 0 Å². The number of hydrogen-bond acceptors (Lipinski definition) is 3. The van der Waals surface area contributed by atoms with Crippen molar-refractivity contribution >= 4 is 21.6 Å². The number of aryl methyl sites for hydroxylation is 2. The second kappa shape index (κ2) is 6.28. The van der Waals surface area contributed by atoms with Crippen molar-refractivity contribution in [3.63, 3.8) is 0 Å². The molecule has 1 aliphatic rings. The van der Waals surface area contributed by atoms with Crippen LogP contribution in [0.1, 0.15) is 29.0 Å². The van der Waals surface area contributed by atoms with E-state index in [0.717, 1.165) is 16.7 Å². The van der Waals surface area contributed by atoms with Gasteiger partial charge in [-0.1, -0.05) is 30.3 Å². The van der Waals surface area contributed by atoms with Crippen LogP contribution in [0.2, 0.25) is 0 Å². The molecule has 0 spiro atoms. The number of rotatable bonds is 4. The smallest absolute Gasteiger partial charge is 0.261 e. The van der Waals surface area contributed by atoms with Gasteiger partial charge in [-0.25, -0.2) is 8.42 Å². The molecule has 0 bridgehead atoms. The number of sulfonamides is 1. The van der Waals surface area contributed by atoms with Crippen molar-refractivity contribution in [1.82, 2.24) is 5.32 Å². The van der Waals surface area contributed by atoms with Crippen molar-refractivity contribution in [2.24, 2.45) is 0 Å². The zero-order valence-corrected chi connectivity index (χ0v) is 14.5. The predicted octanol–water partition coefficient (Wildman–Crippen LogP) is 2.71. The van der Waals surface area contributed by atoms with Gasteiger partial charge in [0.05, 0.1) is 10.6 Å². The first-order chi connectivity index (χ1) is 11.4. The summed E-state index contributed by atoms with van der Waals surface area (Å²) >= 11 is 0. The van der Waals surface area contributed by atoms with E-state index in [0.29, 0.717) is 18.7 Å². The minimum absolute atomic E-state index is 0.0355. The second-order valence-electron chi connectivity index (χ2n) is 6.15. The van der Waals surface area contributed by atoms with E-state index in [1.165, 1.54) is 0 Å². The molecule has 1 heterocycles. The van der Waals surface area contributed by atoms with Gasteiger partial charge in [-0.15, -0.1) is 0 Å². The van der Waals surface area contributed by atoms with Crippen LogP contribution >= 0.6 is 0 Å². The summed E-state index contributed by atoms with van der Waals surface area (Å²) in [5.41, 5.74) is 3.35. The Morgan fingerprint density at radius 1 is 1.04 bits per heavy atom. The van der Waals surface area contributed by atoms with Crippen LogP contribution in [-0.4, -0.2) is 20.9 Å². The van der Waals surface area contributed by atoms with Crippen LogP contribution in [0, 0.1) is 13.8 Å². The molecule has 1 fully saturated rings. The first kappa shape index (κ1) is 16.5. The molecule has 6 heteroatoms. The number of carbonyl (C=O) groups excluding carboxylic acids is 1. The minimum Gasteiger partial charge on any atom is -0.355 e. The highest BCUT2D eigenvalue weighted by molar-refractivity contribution is 7.92. The molecule has 1 aliphatic heterocycles. The fourth-order valence-electron chi connectivity index (χ4n) is 2.93. The van der Waals surface area contributed by atoms with Crippen LogP contribution in [0.25, 0.3) is 0 Å². The maximum Gasteiger partial charge on any atom is 0.261 e. The maximum atomic E-state index is 12.6. The number of hydrogen-bond donors (Lipinski definition) is 2. The Morgan fingerprint density at radius 3 is 2.21 bits per heavy atom. The minimum atomic E-state index is -3.64. The Kier molecular flexibility index (Phi) is 4.32. The summed E-state index contributed by atoms with van der Waals surface area (Å²) in [5.74, 6) is 0.147. The van der Waals surface area contributed by atoms with Gasteiger partial charge in [0.2, 0.25) is 5.91 Å². The average Bonchev–Trinajstić information content (AvgIpc) is 2.98. The topological polar surface area (TPSA) is 75.3 Å². The highest BCUT2D eigenvalue weighted by Crippen LogP contribution is 2.26. The third-order valence-corrected chi connectivity index (χ3v) is 5.72. The number of para-hydroxylation sites is 1.